The van der Waals surface area contributed by atoms with Gasteiger partial charge >= 0.3 is 5.69 Å². The van der Waals surface area contributed by atoms with Crippen molar-refractivity contribution >= 4 is 5.69 Å². The van der Waals surface area contributed by atoms with Gasteiger partial charge in [-0.1, -0.05) is 75.4 Å². The number of aromatic amines is 1. The van der Waals surface area contributed by atoms with Gasteiger partial charge in [-0.05, 0) is 58.2 Å². The van der Waals surface area contributed by atoms with E-state index in [1.54, 1.807) is 7.11 Å². The Morgan fingerprint density at radius 3 is 2.20 bits per heavy atom. The zero-order chi connectivity index (χ0) is 25.0. The largest absolute Gasteiger partial charge is 0.495 e. The summed E-state index contributed by atoms with van der Waals surface area (Å²) < 4.78 is 6.75. The summed E-state index contributed by atoms with van der Waals surface area (Å²) in [6, 6.07) is 22.7. The second-order valence-electron chi connectivity index (χ2n) is 9.99. The molecule has 3 N–H and O–H groups in total. The van der Waals surface area contributed by atoms with Crippen molar-refractivity contribution < 1.29 is 4.74 Å². The van der Waals surface area contributed by atoms with Crippen molar-refractivity contribution in [1.29, 1.82) is 0 Å². The maximum atomic E-state index is 12.4. The van der Waals surface area contributed by atoms with Gasteiger partial charge in [-0.15, -0.1) is 0 Å². The Bertz CT molecular complexity index is 1330. The molecule has 4 aromatic rings. The average Bonchev–Trinajstić information content (AvgIpc) is 3.18. The highest BCUT2D eigenvalue weighted by molar-refractivity contribution is 5.70. The number of nitrogens with one attached hydrogen (secondary N) is 1. The fourth-order valence-corrected chi connectivity index (χ4v) is 4.14. The molecule has 0 saturated carbocycles. The number of ether oxygens (including phenoxy) is 1. The van der Waals surface area contributed by atoms with E-state index in [1.807, 2.05) is 18.2 Å². The number of H-pyrrole nitrogens is 1. The lowest BCUT2D eigenvalue weighted by atomic mass is 9.87. The van der Waals surface area contributed by atoms with Crippen molar-refractivity contribution in [3.8, 4) is 16.9 Å². The van der Waals surface area contributed by atoms with Crippen molar-refractivity contribution in [2.75, 3.05) is 12.8 Å². The maximum Gasteiger partial charge on any atom is 0.343 e. The Morgan fingerprint density at radius 1 is 0.914 bits per heavy atom. The summed E-state index contributed by atoms with van der Waals surface area (Å²) in [6.07, 6.45) is 2.54. The predicted molar refractivity (Wildman–Crippen MR) is 142 cm³/mol. The second kappa shape index (κ2) is 10.2. The third-order valence-corrected chi connectivity index (χ3v) is 6.28. The van der Waals surface area contributed by atoms with Gasteiger partial charge in [0.05, 0.1) is 19.3 Å². The Kier molecular flexibility index (Phi) is 7.10. The van der Waals surface area contributed by atoms with Gasteiger partial charge in [0.25, 0.3) is 0 Å². The van der Waals surface area contributed by atoms with Crippen LogP contribution in [-0.4, -0.2) is 21.9 Å². The molecule has 0 spiro atoms. The van der Waals surface area contributed by atoms with Gasteiger partial charge in [0.1, 0.15) is 11.6 Å². The van der Waals surface area contributed by atoms with E-state index >= 15 is 0 Å². The van der Waals surface area contributed by atoms with Crippen LogP contribution in [0.25, 0.3) is 11.1 Å². The molecule has 3 aromatic carbocycles. The van der Waals surface area contributed by atoms with E-state index < -0.39 is 0 Å². The summed E-state index contributed by atoms with van der Waals surface area (Å²) in [4.78, 5) is 15.3. The first-order valence-corrected chi connectivity index (χ1v) is 12.0. The third kappa shape index (κ3) is 6.01. The Hall–Kier alpha value is -3.80. The SMILES string of the molecule is COc1ccc(-c2ccc(CCCc3nn(Cc4ccc(C(C)(C)C)cc4)c(=O)[nH]3)cc2)cc1N. The molecule has 6 heteroatoms. The molecule has 6 nitrogen and oxygen atoms in total. The van der Waals surface area contributed by atoms with E-state index in [0.29, 0.717) is 18.0 Å². The standard InChI is InChI=1S/C29H34N4O2/c1-29(2,3)24-15-10-21(11-16-24)19-33-28(34)31-27(32-33)7-5-6-20-8-12-22(13-9-20)23-14-17-26(35-4)25(30)18-23/h8-18H,5-7,19,30H2,1-4H3,(H,31,32,34). The van der Waals surface area contributed by atoms with Crippen LogP contribution in [0.4, 0.5) is 5.69 Å². The number of benzene rings is 3. The summed E-state index contributed by atoms with van der Waals surface area (Å²) >= 11 is 0. The fourth-order valence-electron chi connectivity index (χ4n) is 4.14. The van der Waals surface area contributed by atoms with Crippen molar-refractivity contribution in [1.82, 2.24) is 14.8 Å². The number of nitrogens with zero attached hydrogens (tertiary/aromatic N) is 2. The Morgan fingerprint density at radius 2 is 1.57 bits per heavy atom. The first-order chi connectivity index (χ1) is 16.7. The molecule has 182 valence electrons. The number of anilines is 1. The molecule has 0 aliphatic heterocycles. The molecule has 1 heterocycles. The number of hydrogen-bond donors (Lipinski definition) is 2. The van der Waals surface area contributed by atoms with Crippen LogP contribution in [0.3, 0.4) is 0 Å². The lowest BCUT2D eigenvalue weighted by Gasteiger charge is -2.19. The van der Waals surface area contributed by atoms with Gasteiger partial charge in [0.2, 0.25) is 0 Å². The molecule has 0 bridgehead atoms. The summed E-state index contributed by atoms with van der Waals surface area (Å²) in [6.45, 7) is 7.05. The zero-order valence-corrected chi connectivity index (χ0v) is 21.0. The molecule has 0 amide bonds. The normalized spacial score (nSPS) is 11.5. The second-order valence-corrected chi connectivity index (χ2v) is 9.99. The number of nitrogens with two attached hydrogens (primary N) is 1. The lowest BCUT2D eigenvalue weighted by Crippen LogP contribution is -2.19. The van der Waals surface area contributed by atoms with Crippen LogP contribution in [0.2, 0.25) is 0 Å². The Labute approximate surface area is 206 Å². The molecule has 0 radical (unpaired) electrons. The first-order valence-electron chi connectivity index (χ1n) is 12.0. The molecule has 0 atom stereocenters. The monoisotopic (exact) mass is 470 g/mol. The quantitative estimate of drug-likeness (QED) is 0.340. The topological polar surface area (TPSA) is 85.9 Å². The van der Waals surface area contributed by atoms with Crippen LogP contribution in [0, 0.1) is 0 Å². The van der Waals surface area contributed by atoms with Crippen LogP contribution in [0.1, 0.15) is 49.7 Å². The van der Waals surface area contributed by atoms with Crippen LogP contribution < -0.4 is 16.2 Å². The van der Waals surface area contributed by atoms with E-state index in [4.69, 9.17) is 10.5 Å². The van der Waals surface area contributed by atoms with Crippen molar-refractivity contribution in [3.63, 3.8) is 0 Å². The molecule has 35 heavy (non-hydrogen) atoms. The van der Waals surface area contributed by atoms with Crippen LogP contribution in [0.15, 0.2) is 71.5 Å². The molecular weight excluding hydrogens is 436 g/mol. The third-order valence-electron chi connectivity index (χ3n) is 6.28. The van der Waals surface area contributed by atoms with Crippen LogP contribution in [0.5, 0.6) is 5.75 Å². The minimum atomic E-state index is -0.164. The van der Waals surface area contributed by atoms with Crippen molar-refractivity contribution in [2.24, 2.45) is 0 Å². The summed E-state index contributed by atoms with van der Waals surface area (Å²) in [5.41, 5.74) is 12.4. The average molecular weight is 471 g/mol. The molecule has 0 unspecified atom stereocenters. The summed E-state index contributed by atoms with van der Waals surface area (Å²) in [5.74, 6) is 1.41. The minimum Gasteiger partial charge on any atom is -0.495 e. The molecule has 4 rings (SSSR count). The highest BCUT2D eigenvalue weighted by atomic mass is 16.5. The first kappa shape index (κ1) is 24.3. The minimum absolute atomic E-state index is 0.110. The Balaban J connectivity index is 1.32. The summed E-state index contributed by atoms with van der Waals surface area (Å²) in [5, 5.41) is 4.51. The number of hydrogen-bond acceptors (Lipinski definition) is 4. The van der Waals surface area contributed by atoms with Gasteiger partial charge < -0.3 is 10.5 Å². The number of methoxy groups -OCH3 is 1. The molecule has 0 fully saturated rings. The van der Waals surface area contributed by atoms with Crippen LogP contribution in [-0.2, 0) is 24.8 Å². The van der Waals surface area contributed by atoms with E-state index in [2.05, 4.69) is 79.4 Å². The highest BCUT2D eigenvalue weighted by Gasteiger charge is 2.13. The smallest absolute Gasteiger partial charge is 0.343 e. The molecule has 0 aliphatic rings. The van der Waals surface area contributed by atoms with Crippen molar-refractivity contribution in [2.45, 2.75) is 52.0 Å². The van der Waals surface area contributed by atoms with Gasteiger partial charge in [-0.3, -0.25) is 4.98 Å². The lowest BCUT2D eigenvalue weighted by molar-refractivity contribution is 0.417. The number of aryl methyl sites for hydroxylation is 2. The molecular formula is C29H34N4O2. The van der Waals surface area contributed by atoms with Gasteiger partial charge in [-0.25, -0.2) is 9.48 Å². The van der Waals surface area contributed by atoms with Gasteiger partial charge in [0, 0.05) is 6.42 Å². The van der Waals surface area contributed by atoms with E-state index in [0.717, 1.165) is 41.8 Å². The van der Waals surface area contributed by atoms with Crippen molar-refractivity contribution in [3.05, 3.63) is 99.7 Å². The maximum absolute atomic E-state index is 12.4. The van der Waals surface area contributed by atoms with Gasteiger partial charge in [0.15, 0.2) is 0 Å². The van der Waals surface area contributed by atoms with E-state index in [9.17, 15) is 4.79 Å². The number of nitrogen functional groups attached to an aromatic ring is 1. The number of rotatable bonds is 8. The highest BCUT2D eigenvalue weighted by Crippen LogP contribution is 2.28. The molecule has 0 saturated heterocycles. The zero-order valence-electron chi connectivity index (χ0n) is 21.0. The number of aromatic nitrogens is 3. The fraction of sp³-hybridized carbons (Fsp3) is 0.310. The molecule has 1 aromatic heterocycles. The molecule has 0 aliphatic carbocycles. The van der Waals surface area contributed by atoms with Crippen LogP contribution >= 0.6 is 0 Å². The van der Waals surface area contributed by atoms with E-state index in [1.165, 1.54) is 15.8 Å². The van der Waals surface area contributed by atoms with Gasteiger partial charge in [-0.2, -0.15) is 5.10 Å². The van der Waals surface area contributed by atoms with E-state index in [-0.39, 0.29) is 11.1 Å². The predicted octanol–water partition coefficient (Wildman–Crippen LogP) is 5.35. The summed E-state index contributed by atoms with van der Waals surface area (Å²) in [7, 11) is 1.62.